The van der Waals surface area contributed by atoms with Crippen LogP contribution < -0.4 is 5.32 Å². The van der Waals surface area contributed by atoms with Gasteiger partial charge in [0.05, 0.1) is 32.0 Å². The lowest BCUT2D eigenvalue weighted by Crippen LogP contribution is -2.65. The van der Waals surface area contributed by atoms with Gasteiger partial charge in [-0.3, -0.25) is 4.79 Å². The molecule has 0 aliphatic carbocycles. The van der Waals surface area contributed by atoms with Gasteiger partial charge in [0.2, 0.25) is 5.91 Å². The van der Waals surface area contributed by atoms with Gasteiger partial charge in [-0.1, -0.05) is 337 Å². The zero-order valence-electron chi connectivity index (χ0n) is 60.0. The minimum absolute atomic E-state index is 0.235. The van der Waals surface area contributed by atoms with E-state index in [1.54, 1.807) is 6.08 Å². The fourth-order valence-electron chi connectivity index (χ4n) is 12.7. The van der Waals surface area contributed by atoms with Crippen LogP contribution >= 0.6 is 0 Å². The first kappa shape index (κ1) is 87.5. The van der Waals surface area contributed by atoms with Crippen LogP contribution in [0.15, 0.2) is 72.9 Å². The molecule has 94 heavy (non-hydrogen) atoms. The Morgan fingerprint density at radius 3 is 1.13 bits per heavy atom. The van der Waals surface area contributed by atoms with Crippen LogP contribution in [0, 0.1) is 0 Å². The molecule has 0 aromatic carbocycles. The number of amides is 1. The fourth-order valence-corrected chi connectivity index (χ4v) is 12.7. The fraction of sp³-hybridized carbons (Fsp3) is 0.838. The predicted octanol–water partition coefficient (Wildman–Crippen LogP) is 17.4. The van der Waals surface area contributed by atoms with Gasteiger partial charge >= 0.3 is 0 Å². The molecule has 2 rings (SSSR count). The Balaban J connectivity index is 1.62. The maximum Gasteiger partial charge on any atom is 0.220 e. The van der Waals surface area contributed by atoms with E-state index in [9.17, 15) is 45.6 Å². The number of hydrogen-bond acceptors (Lipinski definition) is 13. The molecule has 0 aromatic heterocycles. The van der Waals surface area contributed by atoms with E-state index in [0.29, 0.717) is 6.42 Å². The van der Waals surface area contributed by atoms with Gasteiger partial charge in [0.25, 0.3) is 0 Å². The molecule has 0 saturated carbocycles. The number of allylic oxidation sites excluding steroid dienone is 11. The van der Waals surface area contributed by atoms with Crippen LogP contribution in [0.25, 0.3) is 0 Å². The summed E-state index contributed by atoms with van der Waals surface area (Å²) in [4.78, 5) is 13.4. The highest BCUT2D eigenvalue weighted by atomic mass is 16.7. The normalized spacial score (nSPS) is 22.8. The number of rotatable bonds is 65. The lowest BCUT2D eigenvalue weighted by Gasteiger charge is -2.46. The Morgan fingerprint density at radius 1 is 0.394 bits per heavy atom. The van der Waals surface area contributed by atoms with E-state index in [1.807, 2.05) is 6.08 Å². The Hall–Kier alpha value is -2.57. The molecule has 2 fully saturated rings. The van der Waals surface area contributed by atoms with E-state index >= 15 is 0 Å². The highest BCUT2D eigenvalue weighted by Crippen LogP contribution is 2.30. The summed E-state index contributed by atoms with van der Waals surface area (Å²) >= 11 is 0. The van der Waals surface area contributed by atoms with Gasteiger partial charge in [0.1, 0.15) is 48.8 Å². The lowest BCUT2D eigenvalue weighted by atomic mass is 9.97. The summed E-state index contributed by atoms with van der Waals surface area (Å²) in [7, 11) is 0. The second-order valence-electron chi connectivity index (χ2n) is 27.5. The highest BCUT2D eigenvalue weighted by molar-refractivity contribution is 5.76. The van der Waals surface area contributed by atoms with Gasteiger partial charge in [0.15, 0.2) is 12.6 Å². The van der Waals surface area contributed by atoms with Gasteiger partial charge in [-0.25, -0.2) is 0 Å². The zero-order valence-corrected chi connectivity index (χ0v) is 60.0. The lowest BCUT2D eigenvalue weighted by molar-refractivity contribution is -0.359. The standard InChI is InChI=1S/C80H145NO13/c1-3-5-7-9-11-13-15-17-19-21-23-25-27-29-30-31-32-33-34-35-36-37-38-40-42-44-46-48-50-52-54-56-58-60-62-64-72(85)81-68(67-91-79-77(90)75(88)78(71(66-83)93-79)94-80-76(89)74(87)73(86)70(65-82)92-80)69(84)63-61-59-57-55-53-51-49-47-45-43-41-39-28-26-24-22-20-18-16-14-12-10-8-6-4-2/h5,7,11,13,17,19,23,25,29-30,61,63,68-71,73-80,82-84,86-90H,3-4,6,8-10,12,14-16,18,20-22,24,26-28,31-60,62,64-67H2,1-2H3,(H,81,85)/b7-5-,13-11-,19-17-,25-23-,30-29-,63-61+. The van der Waals surface area contributed by atoms with Crippen molar-refractivity contribution in [2.24, 2.45) is 0 Å². The summed E-state index contributed by atoms with van der Waals surface area (Å²) in [6, 6.07) is -0.918. The van der Waals surface area contributed by atoms with Crippen molar-refractivity contribution in [3.63, 3.8) is 0 Å². The summed E-state index contributed by atoms with van der Waals surface area (Å²) in [6.07, 6.45) is 71.1. The van der Waals surface area contributed by atoms with Crippen molar-refractivity contribution >= 4 is 5.91 Å². The monoisotopic (exact) mass is 1330 g/mol. The zero-order chi connectivity index (χ0) is 68.0. The molecule has 1 amide bonds. The number of aliphatic hydroxyl groups excluding tert-OH is 8. The molecular formula is C80H145NO13. The molecule has 2 saturated heterocycles. The first-order valence-corrected chi connectivity index (χ1v) is 39.2. The third-order valence-corrected chi connectivity index (χ3v) is 18.9. The number of nitrogens with one attached hydrogen (secondary N) is 1. The Kier molecular flexibility index (Phi) is 59.4. The molecule has 2 heterocycles. The van der Waals surface area contributed by atoms with E-state index in [0.717, 1.165) is 70.6 Å². The molecule has 548 valence electrons. The van der Waals surface area contributed by atoms with Gasteiger partial charge in [-0.2, -0.15) is 0 Å². The number of aliphatic hydroxyl groups is 8. The Labute approximate surface area is 574 Å². The molecule has 14 nitrogen and oxygen atoms in total. The molecule has 14 heteroatoms. The quantitative estimate of drug-likeness (QED) is 0.0204. The van der Waals surface area contributed by atoms with Crippen LogP contribution in [0.2, 0.25) is 0 Å². The van der Waals surface area contributed by atoms with Crippen molar-refractivity contribution in [1.29, 1.82) is 0 Å². The van der Waals surface area contributed by atoms with Gasteiger partial charge in [-0.15, -0.1) is 0 Å². The summed E-state index contributed by atoms with van der Waals surface area (Å²) in [6.45, 7) is 2.73. The SMILES string of the molecule is CC/C=C\C/C=C\C/C=C\C/C=C\C/C=C\CCCCCCCCCCCCCCCCCCCCCC(=O)NC(COC1OC(CO)C(OC2OC(CO)C(O)C(O)C2O)C(O)C1O)C(O)/C=C/CCCCCCCCCCCCCCCCCCCCCCCCC. The van der Waals surface area contributed by atoms with Crippen LogP contribution in [0.1, 0.15) is 335 Å². The first-order valence-electron chi connectivity index (χ1n) is 39.2. The van der Waals surface area contributed by atoms with Gasteiger partial charge < -0.3 is 65.1 Å². The third-order valence-electron chi connectivity index (χ3n) is 18.9. The summed E-state index contributed by atoms with van der Waals surface area (Å²) in [5, 5.41) is 87.7. The van der Waals surface area contributed by atoms with E-state index in [2.05, 4.69) is 79.9 Å². The average Bonchev–Trinajstić information content (AvgIpc) is 0.794. The summed E-state index contributed by atoms with van der Waals surface area (Å²) < 4.78 is 22.9. The molecule has 2 aliphatic heterocycles. The van der Waals surface area contributed by atoms with Gasteiger partial charge in [-0.05, 0) is 64.2 Å². The minimum Gasteiger partial charge on any atom is -0.394 e. The average molecular weight is 1330 g/mol. The third kappa shape index (κ3) is 46.7. The van der Waals surface area contributed by atoms with Crippen LogP contribution in [-0.2, 0) is 23.7 Å². The molecule has 0 radical (unpaired) electrons. The highest BCUT2D eigenvalue weighted by Gasteiger charge is 2.51. The second-order valence-corrected chi connectivity index (χ2v) is 27.5. The van der Waals surface area contributed by atoms with E-state index < -0.39 is 86.8 Å². The number of carbonyl (C=O) groups is 1. The van der Waals surface area contributed by atoms with Crippen LogP contribution in [0.5, 0.6) is 0 Å². The molecule has 9 N–H and O–H groups in total. The van der Waals surface area contributed by atoms with Crippen molar-refractivity contribution in [3.05, 3.63) is 72.9 Å². The summed E-state index contributed by atoms with van der Waals surface area (Å²) in [5.41, 5.74) is 0. The smallest absolute Gasteiger partial charge is 0.220 e. The van der Waals surface area contributed by atoms with E-state index in [-0.39, 0.29) is 18.9 Å². The maximum atomic E-state index is 13.4. The maximum absolute atomic E-state index is 13.4. The van der Waals surface area contributed by atoms with E-state index in [4.69, 9.17) is 18.9 Å². The molecule has 2 aliphatic rings. The number of hydrogen-bond donors (Lipinski definition) is 9. The molecule has 0 aromatic rings. The van der Waals surface area contributed by atoms with Crippen LogP contribution in [0.4, 0.5) is 0 Å². The Morgan fingerprint density at radius 2 is 0.734 bits per heavy atom. The van der Waals surface area contributed by atoms with Crippen molar-refractivity contribution in [1.82, 2.24) is 5.32 Å². The van der Waals surface area contributed by atoms with Crippen molar-refractivity contribution in [3.8, 4) is 0 Å². The molecule has 12 atom stereocenters. The van der Waals surface area contributed by atoms with Crippen molar-refractivity contribution < 1.29 is 64.6 Å². The van der Waals surface area contributed by atoms with Crippen molar-refractivity contribution in [2.75, 3.05) is 19.8 Å². The molecular weight excluding hydrogens is 1180 g/mol. The molecule has 0 bridgehead atoms. The number of unbranched alkanes of at least 4 members (excludes halogenated alkanes) is 42. The largest absolute Gasteiger partial charge is 0.394 e. The van der Waals surface area contributed by atoms with Crippen molar-refractivity contribution in [2.45, 2.75) is 408 Å². The minimum atomic E-state index is -1.79. The Bertz CT molecular complexity index is 1860. The number of carbonyl (C=O) groups excluding carboxylic acids is 1. The van der Waals surface area contributed by atoms with Gasteiger partial charge in [0, 0.05) is 6.42 Å². The number of ether oxygens (including phenoxy) is 4. The van der Waals surface area contributed by atoms with Crippen LogP contribution in [0.3, 0.4) is 0 Å². The molecule has 12 unspecified atom stereocenters. The first-order chi connectivity index (χ1) is 46.1. The molecule has 0 spiro atoms. The topological polar surface area (TPSA) is 228 Å². The van der Waals surface area contributed by atoms with Crippen LogP contribution in [-0.4, -0.2) is 140 Å². The van der Waals surface area contributed by atoms with E-state index in [1.165, 1.54) is 238 Å². The second kappa shape index (κ2) is 63.8. The summed E-state index contributed by atoms with van der Waals surface area (Å²) in [5.74, 6) is -0.235. The predicted molar refractivity (Wildman–Crippen MR) is 387 cm³/mol.